The lowest BCUT2D eigenvalue weighted by Crippen LogP contribution is -2.49. The van der Waals surface area contributed by atoms with Gasteiger partial charge in [-0.3, -0.25) is 19.0 Å². The van der Waals surface area contributed by atoms with Gasteiger partial charge in [-0.05, 0) is 30.5 Å². The molecule has 8 nitrogen and oxygen atoms in total. The number of hydrogen-bond acceptors (Lipinski definition) is 6. The van der Waals surface area contributed by atoms with Crippen LogP contribution in [0.1, 0.15) is 18.0 Å². The van der Waals surface area contributed by atoms with E-state index in [2.05, 4.69) is 4.98 Å². The van der Waals surface area contributed by atoms with Crippen molar-refractivity contribution >= 4 is 17.7 Å². The van der Waals surface area contributed by atoms with E-state index in [0.29, 0.717) is 25.3 Å². The van der Waals surface area contributed by atoms with Gasteiger partial charge in [-0.2, -0.15) is 4.98 Å². The van der Waals surface area contributed by atoms with Crippen LogP contribution in [0, 0.1) is 5.92 Å². The highest BCUT2D eigenvalue weighted by molar-refractivity contribution is 7.99. The minimum atomic E-state index is -0.409. The smallest absolute Gasteiger partial charge is 0.262 e. The van der Waals surface area contributed by atoms with Crippen LogP contribution in [0.3, 0.4) is 0 Å². The number of para-hydroxylation sites is 1. The van der Waals surface area contributed by atoms with Gasteiger partial charge in [-0.25, -0.2) is 0 Å². The monoisotopic (exact) mass is 450 g/mol. The lowest BCUT2D eigenvalue weighted by atomic mass is 9.83. The van der Waals surface area contributed by atoms with Crippen molar-refractivity contribution in [1.82, 2.24) is 19.0 Å². The zero-order chi connectivity index (χ0) is 22.2. The molecule has 1 N–H and O–H groups in total. The molecule has 5 rings (SSSR count). The van der Waals surface area contributed by atoms with E-state index in [1.807, 2.05) is 33.7 Å². The Morgan fingerprint density at radius 3 is 2.66 bits per heavy atom. The van der Waals surface area contributed by atoms with Gasteiger partial charge in [0.25, 0.3) is 11.1 Å². The second-order valence-electron chi connectivity index (χ2n) is 8.19. The highest BCUT2D eigenvalue weighted by Crippen LogP contribution is 2.35. The fourth-order valence-corrected chi connectivity index (χ4v) is 5.60. The Bertz CT molecular complexity index is 1290. The van der Waals surface area contributed by atoms with Crippen LogP contribution in [0.25, 0.3) is 5.69 Å². The number of hydrogen-bond donors (Lipinski definition) is 1. The molecule has 32 heavy (non-hydrogen) atoms. The van der Waals surface area contributed by atoms with E-state index in [0.717, 1.165) is 29.9 Å². The number of amides is 1. The molecule has 1 amide bonds. The topological polar surface area (TPSA) is 97.4 Å². The van der Waals surface area contributed by atoms with Crippen LogP contribution in [0.2, 0.25) is 0 Å². The van der Waals surface area contributed by atoms with Gasteiger partial charge in [0, 0.05) is 37.3 Å². The Morgan fingerprint density at radius 2 is 1.84 bits per heavy atom. The number of aromatic nitrogens is 3. The largest absolute Gasteiger partial charge is 0.493 e. The summed E-state index contributed by atoms with van der Waals surface area (Å²) in [5, 5.41) is 10.1. The molecule has 2 aliphatic rings. The number of piperidine rings is 1. The lowest BCUT2D eigenvalue weighted by molar-refractivity contribution is -0.131. The number of benzene rings is 1. The van der Waals surface area contributed by atoms with Crippen LogP contribution in [0.15, 0.2) is 69.3 Å². The molecule has 0 radical (unpaired) electrons. The molecule has 1 aromatic carbocycles. The van der Waals surface area contributed by atoms with E-state index in [1.165, 1.54) is 4.57 Å². The number of carbonyl (C=O) groups excluding carboxylic acids is 1. The molecule has 9 heteroatoms. The Morgan fingerprint density at radius 1 is 1.03 bits per heavy atom. The zero-order valence-electron chi connectivity index (χ0n) is 17.3. The number of fused-ring (bicyclic) bond motifs is 4. The number of pyridine rings is 1. The average molecular weight is 451 g/mol. The van der Waals surface area contributed by atoms with Crippen molar-refractivity contribution in [2.75, 3.05) is 18.8 Å². The van der Waals surface area contributed by atoms with Gasteiger partial charge in [-0.15, -0.1) is 0 Å². The van der Waals surface area contributed by atoms with Crippen LogP contribution >= 0.6 is 11.8 Å². The first kappa shape index (κ1) is 20.6. The van der Waals surface area contributed by atoms with Crippen LogP contribution in [-0.4, -0.2) is 48.9 Å². The first-order valence-corrected chi connectivity index (χ1v) is 11.5. The summed E-state index contributed by atoms with van der Waals surface area (Å²) in [5.74, 6) is 0.0767. The van der Waals surface area contributed by atoms with Gasteiger partial charge in [0.05, 0.1) is 17.5 Å². The van der Waals surface area contributed by atoms with E-state index < -0.39 is 5.56 Å². The highest BCUT2D eigenvalue weighted by atomic mass is 32.2. The Kier molecular flexibility index (Phi) is 5.34. The standard InChI is InChI=1S/C23H22N4O4S/c28-19-10-21(30)27(17-5-2-1-3-6-17)23(24-19)32-14-22(31)25-11-15-9-16(13-25)18-7-4-8-20(29)26(18)12-15/h1-8,10,15-16,28H,9,11-14H2/t15-,16?/m0/s1. The van der Waals surface area contributed by atoms with E-state index in [9.17, 15) is 19.5 Å². The van der Waals surface area contributed by atoms with Gasteiger partial charge in [0.1, 0.15) is 0 Å². The molecule has 1 unspecified atom stereocenters. The lowest BCUT2D eigenvalue weighted by Gasteiger charge is -2.42. The van der Waals surface area contributed by atoms with E-state index in [4.69, 9.17) is 0 Å². The maximum absolute atomic E-state index is 13.1. The number of likely N-dealkylation sites (tertiary alicyclic amines) is 1. The van der Waals surface area contributed by atoms with Gasteiger partial charge in [0.2, 0.25) is 11.8 Å². The van der Waals surface area contributed by atoms with Crippen molar-refractivity contribution in [2.24, 2.45) is 5.92 Å². The molecular weight excluding hydrogens is 428 g/mol. The molecule has 0 spiro atoms. The fourth-order valence-electron chi connectivity index (χ4n) is 4.68. The third-order valence-electron chi connectivity index (χ3n) is 6.05. The van der Waals surface area contributed by atoms with Crippen LogP contribution in [0.5, 0.6) is 5.88 Å². The van der Waals surface area contributed by atoms with Gasteiger partial charge >= 0.3 is 0 Å². The first-order chi connectivity index (χ1) is 15.5. The molecule has 0 aliphatic carbocycles. The molecule has 1 fully saturated rings. The molecule has 0 saturated carbocycles. The van der Waals surface area contributed by atoms with Crippen molar-refractivity contribution in [3.8, 4) is 11.6 Å². The maximum Gasteiger partial charge on any atom is 0.262 e. The second kappa shape index (κ2) is 8.31. The Labute approximate surface area is 188 Å². The van der Waals surface area contributed by atoms with Gasteiger partial charge in [0.15, 0.2) is 5.16 Å². The summed E-state index contributed by atoms with van der Waals surface area (Å²) < 4.78 is 3.23. The van der Waals surface area contributed by atoms with Crippen molar-refractivity contribution in [1.29, 1.82) is 0 Å². The predicted molar refractivity (Wildman–Crippen MR) is 120 cm³/mol. The number of nitrogens with zero attached hydrogens (tertiary/aromatic N) is 4. The third-order valence-corrected chi connectivity index (χ3v) is 6.97. The minimum absolute atomic E-state index is 0.0152. The SMILES string of the molecule is O=C(CSc1nc(O)cc(=O)n1-c1ccccc1)N1CC2C[C@@H](C1)Cn1c2cccc1=O. The number of thioether (sulfide) groups is 1. The average Bonchev–Trinajstić information content (AvgIpc) is 2.78. The number of rotatable bonds is 4. The maximum atomic E-state index is 13.1. The zero-order valence-corrected chi connectivity index (χ0v) is 18.1. The second-order valence-corrected chi connectivity index (χ2v) is 9.13. The van der Waals surface area contributed by atoms with E-state index >= 15 is 0 Å². The summed E-state index contributed by atoms with van der Waals surface area (Å²) in [6.45, 7) is 1.80. The quantitative estimate of drug-likeness (QED) is 0.481. The van der Waals surface area contributed by atoms with Crippen LogP contribution in [-0.2, 0) is 11.3 Å². The number of carbonyl (C=O) groups is 1. The molecule has 3 aromatic rings. The van der Waals surface area contributed by atoms with Gasteiger partial charge < -0.3 is 14.6 Å². The normalized spacial score (nSPS) is 19.4. The van der Waals surface area contributed by atoms with Crippen molar-refractivity contribution in [2.45, 2.75) is 24.0 Å². The van der Waals surface area contributed by atoms with Crippen LogP contribution in [0.4, 0.5) is 0 Å². The third kappa shape index (κ3) is 3.84. The number of aromatic hydroxyl groups is 1. The summed E-state index contributed by atoms with van der Waals surface area (Å²) in [6, 6.07) is 15.4. The molecule has 2 aliphatic heterocycles. The van der Waals surface area contributed by atoms with Crippen molar-refractivity contribution in [3.05, 3.63) is 81.0 Å². The molecule has 2 atom stereocenters. The van der Waals surface area contributed by atoms with Crippen molar-refractivity contribution in [3.63, 3.8) is 0 Å². The molecule has 164 valence electrons. The van der Waals surface area contributed by atoms with Crippen molar-refractivity contribution < 1.29 is 9.90 Å². The Hall–Kier alpha value is -3.33. The summed E-state index contributed by atoms with van der Waals surface area (Å²) in [6.07, 6.45) is 0.974. The molecule has 2 bridgehead atoms. The first-order valence-electron chi connectivity index (χ1n) is 10.5. The minimum Gasteiger partial charge on any atom is -0.493 e. The molecular formula is C23H22N4O4S. The summed E-state index contributed by atoms with van der Waals surface area (Å²) >= 11 is 1.13. The molecule has 1 saturated heterocycles. The van der Waals surface area contributed by atoms with E-state index in [1.54, 1.807) is 24.3 Å². The summed E-state index contributed by atoms with van der Waals surface area (Å²) in [7, 11) is 0. The Balaban J connectivity index is 1.34. The van der Waals surface area contributed by atoms with Gasteiger partial charge in [-0.1, -0.05) is 36.0 Å². The molecule has 4 heterocycles. The fraction of sp³-hybridized carbons (Fsp3) is 0.304. The van der Waals surface area contributed by atoms with Crippen LogP contribution < -0.4 is 11.1 Å². The summed E-state index contributed by atoms with van der Waals surface area (Å²) in [5.41, 5.74) is 1.22. The summed E-state index contributed by atoms with van der Waals surface area (Å²) in [4.78, 5) is 43.7. The predicted octanol–water partition coefficient (Wildman–Crippen LogP) is 1.84. The molecule has 2 aromatic heterocycles. The van der Waals surface area contributed by atoms with E-state index in [-0.39, 0.29) is 40.1 Å². The highest BCUT2D eigenvalue weighted by Gasteiger charge is 2.36.